The van der Waals surface area contributed by atoms with E-state index in [9.17, 15) is 8.78 Å². The largest absolute Gasteiger partial charge is 0.360 e. The van der Waals surface area contributed by atoms with Crippen LogP contribution < -0.4 is 0 Å². The number of nitrogens with one attached hydrogen (secondary N) is 1. The van der Waals surface area contributed by atoms with Gasteiger partial charge in [0.15, 0.2) is 5.82 Å². The van der Waals surface area contributed by atoms with Gasteiger partial charge < -0.3 is 4.98 Å². The maximum Gasteiger partial charge on any atom is 0.223 e. The van der Waals surface area contributed by atoms with Crippen LogP contribution in [0.15, 0.2) is 30.6 Å². The SMILES string of the molecule is Fc1ccc2c(-c3nc(Cl)ncc3F)c[nH]c2c1. The highest BCUT2D eigenvalue weighted by atomic mass is 35.5. The number of rotatable bonds is 1. The third kappa shape index (κ3) is 1.73. The fourth-order valence-corrected chi connectivity index (χ4v) is 1.96. The summed E-state index contributed by atoms with van der Waals surface area (Å²) in [5.74, 6) is -0.943. The normalized spacial score (nSPS) is 11.1. The Kier molecular flexibility index (Phi) is 2.48. The van der Waals surface area contributed by atoms with Crippen molar-refractivity contribution in [3.63, 3.8) is 0 Å². The smallest absolute Gasteiger partial charge is 0.223 e. The number of hydrogen-bond donors (Lipinski definition) is 1. The Morgan fingerprint density at radius 3 is 2.89 bits per heavy atom. The molecule has 3 rings (SSSR count). The summed E-state index contributed by atoms with van der Waals surface area (Å²) in [6.07, 6.45) is 2.57. The molecule has 18 heavy (non-hydrogen) atoms. The molecule has 0 unspecified atom stereocenters. The fraction of sp³-hybridized carbons (Fsp3) is 0. The second kappa shape index (κ2) is 4.03. The van der Waals surface area contributed by atoms with Crippen LogP contribution in [0, 0.1) is 11.6 Å². The molecule has 1 N–H and O–H groups in total. The first kappa shape index (κ1) is 11.1. The number of aromatic nitrogens is 3. The van der Waals surface area contributed by atoms with E-state index in [1.807, 2.05) is 0 Å². The lowest BCUT2D eigenvalue weighted by Crippen LogP contribution is -1.91. The summed E-state index contributed by atoms with van der Waals surface area (Å²) in [6, 6.07) is 4.20. The first-order valence-corrected chi connectivity index (χ1v) is 5.48. The molecule has 3 aromatic rings. The lowest BCUT2D eigenvalue weighted by Gasteiger charge is -2.00. The predicted molar refractivity (Wildman–Crippen MR) is 64.3 cm³/mol. The van der Waals surface area contributed by atoms with Gasteiger partial charge in [-0.2, -0.15) is 0 Å². The molecule has 0 aliphatic rings. The van der Waals surface area contributed by atoms with Crippen molar-refractivity contribution in [3.8, 4) is 11.3 Å². The molecule has 2 heterocycles. The van der Waals surface area contributed by atoms with Gasteiger partial charge in [0.05, 0.1) is 6.20 Å². The molecule has 0 aliphatic heterocycles. The molecule has 3 nitrogen and oxygen atoms in total. The summed E-state index contributed by atoms with van der Waals surface area (Å²) in [5.41, 5.74) is 1.18. The fourth-order valence-electron chi connectivity index (χ4n) is 1.83. The molecule has 6 heteroatoms. The van der Waals surface area contributed by atoms with E-state index in [0.717, 1.165) is 6.20 Å². The average molecular weight is 266 g/mol. The van der Waals surface area contributed by atoms with Crippen molar-refractivity contribution in [3.05, 3.63) is 47.5 Å². The molecular weight excluding hydrogens is 260 g/mol. The Hall–Kier alpha value is -2.01. The van der Waals surface area contributed by atoms with Crippen molar-refractivity contribution < 1.29 is 8.78 Å². The van der Waals surface area contributed by atoms with E-state index >= 15 is 0 Å². The summed E-state index contributed by atoms with van der Waals surface area (Å²) in [4.78, 5) is 10.3. The average Bonchev–Trinajstić information content (AvgIpc) is 2.75. The molecule has 0 spiro atoms. The molecule has 0 saturated carbocycles. The third-order valence-electron chi connectivity index (χ3n) is 2.61. The Labute approximate surface area is 105 Å². The van der Waals surface area contributed by atoms with E-state index in [1.54, 1.807) is 12.3 Å². The monoisotopic (exact) mass is 265 g/mol. The number of H-pyrrole nitrogens is 1. The Morgan fingerprint density at radius 2 is 2.06 bits per heavy atom. The van der Waals surface area contributed by atoms with Crippen molar-refractivity contribution in [1.29, 1.82) is 0 Å². The number of hydrogen-bond acceptors (Lipinski definition) is 2. The molecular formula is C12H6ClF2N3. The van der Waals surface area contributed by atoms with Crippen molar-refractivity contribution in [2.45, 2.75) is 0 Å². The van der Waals surface area contributed by atoms with Crippen LogP contribution in [0.4, 0.5) is 8.78 Å². The van der Waals surface area contributed by atoms with E-state index < -0.39 is 5.82 Å². The summed E-state index contributed by atoms with van der Waals surface area (Å²) in [6.45, 7) is 0. The van der Waals surface area contributed by atoms with Crippen LogP contribution >= 0.6 is 11.6 Å². The first-order chi connectivity index (χ1) is 8.65. The summed E-state index contributed by atoms with van der Waals surface area (Å²) in [7, 11) is 0. The summed E-state index contributed by atoms with van der Waals surface area (Å²) >= 11 is 5.65. The van der Waals surface area contributed by atoms with Gasteiger partial charge >= 0.3 is 0 Å². The predicted octanol–water partition coefficient (Wildman–Crippen LogP) is 3.56. The first-order valence-electron chi connectivity index (χ1n) is 5.10. The van der Waals surface area contributed by atoms with Gasteiger partial charge in [0.1, 0.15) is 11.5 Å². The number of nitrogens with zero attached hydrogens (tertiary/aromatic N) is 2. The van der Waals surface area contributed by atoms with Crippen LogP contribution in [0.25, 0.3) is 22.2 Å². The lowest BCUT2D eigenvalue weighted by atomic mass is 10.1. The van der Waals surface area contributed by atoms with Gasteiger partial charge in [-0.1, -0.05) is 0 Å². The molecule has 0 fully saturated rings. The van der Waals surface area contributed by atoms with Crippen LogP contribution in [-0.4, -0.2) is 15.0 Å². The van der Waals surface area contributed by atoms with Gasteiger partial charge in [-0.3, -0.25) is 0 Å². The van der Waals surface area contributed by atoms with Crippen LogP contribution in [0.5, 0.6) is 0 Å². The lowest BCUT2D eigenvalue weighted by molar-refractivity contribution is 0.618. The zero-order valence-electron chi connectivity index (χ0n) is 8.92. The maximum absolute atomic E-state index is 13.7. The molecule has 90 valence electrons. The third-order valence-corrected chi connectivity index (χ3v) is 2.80. The second-order valence-electron chi connectivity index (χ2n) is 3.73. The zero-order chi connectivity index (χ0) is 12.7. The molecule has 0 radical (unpaired) electrons. The van der Waals surface area contributed by atoms with E-state index in [0.29, 0.717) is 16.5 Å². The van der Waals surface area contributed by atoms with Crippen molar-refractivity contribution >= 4 is 22.5 Å². The minimum absolute atomic E-state index is 0.0390. The highest BCUT2D eigenvalue weighted by Gasteiger charge is 2.13. The maximum atomic E-state index is 13.7. The van der Waals surface area contributed by atoms with Crippen LogP contribution in [0.3, 0.4) is 0 Å². The minimum atomic E-state index is -0.579. The van der Waals surface area contributed by atoms with E-state index in [1.165, 1.54) is 12.1 Å². The van der Waals surface area contributed by atoms with Crippen molar-refractivity contribution in [2.75, 3.05) is 0 Å². The summed E-state index contributed by atoms with van der Waals surface area (Å²) in [5, 5.41) is 0.632. The molecule has 0 bridgehead atoms. The van der Waals surface area contributed by atoms with E-state index in [4.69, 9.17) is 11.6 Å². The van der Waals surface area contributed by atoms with Gasteiger partial charge in [-0.25, -0.2) is 18.7 Å². The van der Waals surface area contributed by atoms with Gasteiger partial charge in [0.25, 0.3) is 0 Å². The second-order valence-corrected chi connectivity index (χ2v) is 4.07. The van der Waals surface area contributed by atoms with E-state index in [2.05, 4.69) is 15.0 Å². The van der Waals surface area contributed by atoms with Crippen molar-refractivity contribution in [1.82, 2.24) is 15.0 Å². The van der Waals surface area contributed by atoms with Gasteiger partial charge in [-0.05, 0) is 29.8 Å². The van der Waals surface area contributed by atoms with Crippen LogP contribution in [0.1, 0.15) is 0 Å². The van der Waals surface area contributed by atoms with Gasteiger partial charge in [0, 0.05) is 22.7 Å². The Bertz CT molecular complexity index is 739. The number of halogens is 3. The van der Waals surface area contributed by atoms with Gasteiger partial charge in [-0.15, -0.1) is 0 Å². The molecule has 0 atom stereocenters. The molecule has 0 saturated heterocycles. The number of benzene rings is 1. The van der Waals surface area contributed by atoms with Crippen LogP contribution in [-0.2, 0) is 0 Å². The van der Waals surface area contributed by atoms with Crippen LogP contribution in [0.2, 0.25) is 5.28 Å². The highest BCUT2D eigenvalue weighted by molar-refractivity contribution is 6.28. The van der Waals surface area contributed by atoms with Gasteiger partial charge in [0.2, 0.25) is 5.28 Å². The van der Waals surface area contributed by atoms with E-state index in [-0.39, 0.29) is 16.8 Å². The number of fused-ring (bicyclic) bond motifs is 1. The summed E-state index contributed by atoms with van der Waals surface area (Å²) < 4.78 is 26.7. The number of aromatic amines is 1. The Balaban J connectivity index is 2.28. The standard InChI is InChI=1S/C12H6ClF2N3/c13-12-17-5-9(15)11(18-12)8-4-16-10-3-6(14)1-2-7(8)10/h1-5,16H. The molecule has 0 amide bonds. The van der Waals surface area contributed by atoms with Crippen molar-refractivity contribution in [2.24, 2.45) is 0 Å². The molecule has 0 aliphatic carbocycles. The minimum Gasteiger partial charge on any atom is -0.360 e. The Morgan fingerprint density at radius 1 is 1.22 bits per heavy atom. The topological polar surface area (TPSA) is 41.6 Å². The zero-order valence-corrected chi connectivity index (χ0v) is 9.67. The quantitative estimate of drug-likeness (QED) is 0.684. The molecule has 1 aromatic carbocycles. The molecule has 2 aromatic heterocycles. The highest BCUT2D eigenvalue weighted by Crippen LogP contribution is 2.29.